The van der Waals surface area contributed by atoms with Crippen LogP contribution < -0.4 is 0 Å². The van der Waals surface area contributed by atoms with Gasteiger partial charge in [0.2, 0.25) is 0 Å². The summed E-state index contributed by atoms with van der Waals surface area (Å²) in [7, 11) is 0. The van der Waals surface area contributed by atoms with Crippen molar-refractivity contribution in [2.45, 2.75) is 6.92 Å². The predicted octanol–water partition coefficient (Wildman–Crippen LogP) is 1.87. The summed E-state index contributed by atoms with van der Waals surface area (Å²) in [5.41, 5.74) is 0.630. The van der Waals surface area contributed by atoms with Crippen molar-refractivity contribution in [1.82, 2.24) is 0 Å². The lowest BCUT2D eigenvalue weighted by molar-refractivity contribution is -0.385. The highest BCUT2D eigenvalue weighted by molar-refractivity contribution is 5.85. The summed E-state index contributed by atoms with van der Waals surface area (Å²) in [5, 5.41) is 27.9. The lowest BCUT2D eigenvalue weighted by atomic mass is 10.0. The fourth-order valence-electron chi connectivity index (χ4n) is 1.29. The van der Waals surface area contributed by atoms with Crippen LogP contribution in [0.1, 0.15) is 16.7 Å². The van der Waals surface area contributed by atoms with Gasteiger partial charge in [-0.3, -0.25) is 10.1 Å². The first-order valence-electron chi connectivity index (χ1n) is 4.56. The maximum absolute atomic E-state index is 10.7. The molecule has 0 radical (unpaired) electrons. The average Bonchev–Trinajstić information content (AvgIpc) is 2.26. The number of carboxylic acid groups (broad SMARTS) is 1. The Labute approximate surface area is 96.6 Å². The van der Waals surface area contributed by atoms with Gasteiger partial charge in [-0.25, -0.2) is 4.79 Å². The number of carbonyl (C=O) groups is 1. The maximum atomic E-state index is 10.7. The zero-order chi connectivity index (χ0) is 13.0. The minimum atomic E-state index is -1.12. The summed E-state index contributed by atoms with van der Waals surface area (Å²) in [6.07, 6.45) is 2.21. The lowest BCUT2D eigenvalue weighted by Crippen LogP contribution is -1.95. The Kier molecular flexibility index (Phi) is 3.57. The Morgan fingerprint density at radius 2 is 2.24 bits per heavy atom. The van der Waals surface area contributed by atoms with Crippen LogP contribution in [-0.4, -0.2) is 16.0 Å². The normalized spacial score (nSPS) is 10.1. The number of aliphatic carboxylic acids is 1. The quantitative estimate of drug-likeness (QED) is 0.486. The molecule has 0 bridgehead atoms. The van der Waals surface area contributed by atoms with E-state index in [1.165, 1.54) is 18.2 Å². The van der Waals surface area contributed by atoms with Gasteiger partial charge in [-0.1, -0.05) is 0 Å². The molecule has 1 aromatic rings. The molecule has 1 rings (SSSR count). The number of hydrogen-bond acceptors (Lipinski definition) is 4. The first-order chi connectivity index (χ1) is 7.95. The number of nitro groups is 1. The Balaban J connectivity index is 3.33. The zero-order valence-electron chi connectivity index (χ0n) is 8.88. The molecule has 86 valence electrons. The van der Waals surface area contributed by atoms with Gasteiger partial charge in [0, 0.05) is 12.1 Å². The van der Waals surface area contributed by atoms with E-state index in [0.717, 1.165) is 6.08 Å². The lowest BCUT2D eigenvalue weighted by Gasteiger charge is -2.01. The standard InChI is InChI=1S/C11H8N2O4/c1-7-4-10(13(16)17)9(6-12)5-8(7)2-3-11(14)15/h2-5H,1H3,(H,14,15)/b3-2+. The monoisotopic (exact) mass is 232 g/mol. The summed E-state index contributed by atoms with van der Waals surface area (Å²) < 4.78 is 0. The second-order valence-electron chi connectivity index (χ2n) is 3.27. The Bertz CT molecular complexity index is 555. The van der Waals surface area contributed by atoms with Crippen molar-refractivity contribution >= 4 is 17.7 Å². The Hall–Kier alpha value is -2.68. The number of carboxylic acids is 1. The number of hydrogen-bond donors (Lipinski definition) is 1. The second kappa shape index (κ2) is 4.90. The highest BCUT2D eigenvalue weighted by atomic mass is 16.6. The number of benzene rings is 1. The van der Waals surface area contributed by atoms with Crippen molar-refractivity contribution in [2.75, 3.05) is 0 Å². The molecule has 0 aliphatic rings. The van der Waals surface area contributed by atoms with Crippen LogP contribution in [0, 0.1) is 28.4 Å². The minimum absolute atomic E-state index is 0.0920. The third-order valence-electron chi connectivity index (χ3n) is 2.11. The van der Waals surface area contributed by atoms with Gasteiger partial charge in [0.05, 0.1) is 4.92 Å². The van der Waals surface area contributed by atoms with Crippen LogP contribution >= 0.6 is 0 Å². The van der Waals surface area contributed by atoms with Gasteiger partial charge >= 0.3 is 5.97 Å². The van der Waals surface area contributed by atoms with E-state index in [-0.39, 0.29) is 11.3 Å². The summed E-state index contributed by atoms with van der Waals surface area (Å²) in [4.78, 5) is 20.4. The van der Waals surface area contributed by atoms with Crippen molar-refractivity contribution in [3.05, 3.63) is 45.0 Å². The van der Waals surface area contributed by atoms with Crippen LogP contribution in [0.15, 0.2) is 18.2 Å². The minimum Gasteiger partial charge on any atom is -0.478 e. The van der Waals surface area contributed by atoms with Crippen molar-refractivity contribution in [3.8, 4) is 6.07 Å². The summed E-state index contributed by atoms with van der Waals surface area (Å²) in [5.74, 6) is -1.12. The van der Waals surface area contributed by atoms with Gasteiger partial charge in [-0.2, -0.15) is 5.26 Å². The van der Waals surface area contributed by atoms with Crippen LogP contribution in [0.4, 0.5) is 5.69 Å². The molecule has 6 nitrogen and oxygen atoms in total. The molecule has 0 heterocycles. The first-order valence-corrected chi connectivity index (χ1v) is 4.56. The molecule has 0 saturated heterocycles. The summed E-state index contributed by atoms with van der Waals surface area (Å²) in [6, 6.07) is 4.26. The van der Waals surface area contributed by atoms with E-state index in [1.54, 1.807) is 13.0 Å². The van der Waals surface area contributed by atoms with E-state index in [1.807, 2.05) is 0 Å². The largest absolute Gasteiger partial charge is 0.478 e. The van der Waals surface area contributed by atoms with Crippen molar-refractivity contribution in [1.29, 1.82) is 5.26 Å². The van der Waals surface area contributed by atoms with Gasteiger partial charge < -0.3 is 5.11 Å². The summed E-state index contributed by atoms with van der Waals surface area (Å²) >= 11 is 0. The van der Waals surface area contributed by atoms with Crippen molar-refractivity contribution < 1.29 is 14.8 Å². The predicted molar refractivity (Wildman–Crippen MR) is 59.2 cm³/mol. The number of nitro benzene ring substituents is 1. The number of nitriles is 1. The molecule has 0 unspecified atom stereocenters. The molecule has 0 aromatic heterocycles. The van der Waals surface area contributed by atoms with Crippen LogP contribution in [0.25, 0.3) is 6.08 Å². The van der Waals surface area contributed by atoms with Crippen LogP contribution in [-0.2, 0) is 4.79 Å². The molecular weight excluding hydrogens is 224 g/mol. The highest BCUT2D eigenvalue weighted by Gasteiger charge is 2.15. The molecule has 0 fully saturated rings. The Morgan fingerprint density at radius 1 is 1.59 bits per heavy atom. The van der Waals surface area contributed by atoms with Crippen molar-refractivity contribution in [2.24, 2.45) is 0 Å². The van der Waals surface area contributed by atoms with Crippen LogP contribution in [0.3, 0.4) is 0 Å². The molecule has 17 heavy (non-hydrogen) atoms. The van der Waals surface area contributed by atoms with Crippen LogP contribution in [0.5, 0.6) is 0 Å². The average molecular weight is 232 g/mol. The molecule has 1 N–H and O–H groups in total. The second-order valence-corrected chi connectivity index (χ2v) is 3.27. The smallest absolute Gasteiger partial charge is 0.328 e. The molecule has 6 heteroatoms. The van der Waals surface area contributed by atoms with Gasteiger partial charge in [0.1, 0.15) is 11.6 Å². The van der Waals surface area contributed by atoms with E-state index in [4.69, 9.17) is 10.4 Å². The van der Waals surface area contributed by atoms with E-state index < -0.39 is 10.9 Å². The van der Waals surface area contributed by atoms with Gasteiger partial charge in [-0.05, 0) is 30.2 Å². The molecule has 0 aliphatic carbocycles. The fourth-order valence-corrected chi connectivity index (χ4v) is 1.29. The number of nitrogens with zero attached hydrogens (tertiary/aromatic N) is 2. The van der Waals surface area contributed by atoms with E-state index in [2.05, 4.69) is 0 Å². The third kappa shape index (κ3) is 2.89. The van der Waals surface area contributed by atoms with E-state index in [0.29, 0.717) is 11.1 Å². The van der Waals surface area contributed by atoms with Gasteiger partial charge in [-0.15, -0.1) is 0 Å². The third-order valence-corrected chi connectivity index (χ3v) is 2.11. The zero-order valence-corrected chi connectivity index (χ0v) is 8.88. The molecule has 0 spiro atoms. The highest BCUT2D eigenvalue weighted by Crippen LogP contribution is 2.23. The Morgan fingerprint density at radius 3 is 2.71 bits per heavy atom. The maximum Gasteiger partial charge on any atom is 0.328 e. The molecule has 0 aliphatic heterocycles. The van der Waals surface area contributed by atoms with E-state index >= 15 is 0 Å². The van der Waals surface area contributed by atoms with Crippen LogP contribution in [0.2, 0.25) is 0 Å². The van der Waals surface area contributed by atoms with Crippen molar-refractivity contribution in [3.63, 3.8) is 0 Å². The molecule has 1 aromatic carbocycles. The molecular formula is C11H8N2O4. The number of aryl methyl sites for hydroxylation is 1. The number of rotatable bonds is 3. The first kappa shape index (κ1) is 12.4. The van der Waals surface area contributed by atoms with Gasteiger partial charge in [0.15, 0.2) is 0 Å². The molecule has 0 saturated carbocycles. The summed E-state index contributed by atoms with van der Waals surface area (Å²) in [6.45, 7) is 1.61. The molecule has 0 atom stereocenters. The topological polar surface area (TPSA) is 104 Å². The van der Waals surface area contributed by atoms with Gasteiger partial charge in [0.25, 0.3) is 5.69 Å². The molecule has 0 amide bonds. The fraction of sp³-hybridized carbons (Fsp3) is 0.0909. The SMILES string of the molecule is Cc1cc([N+](=O)[O-])c(C#N)cc1/C=C/C(=O)O. The van der Waals surface area contributed by atoms with E-state index in [9.17, 15) is 14.9 Å².